The second-order valence-electron chi connectivity index (χ2n) is 7.11. The number of ether oxygens (including phenoxy) is 1. The molecule has 7 heteroatoms. The number of carbonyl (C=O) groups excluding carboxylic acids is 1. The molecule has 0 spiro atoms. The molecule has 0 bridgehead atoms. The molecule has 0 radical (unpaired) electrons. The zero-order chi connectivity index (χ0) is 19.4. The highest BCUT2D eigenvalue weighted by atomic mass is 32.1. The molecule has 140 valence electrons. The summed E-state index contributed by atoms with van der Waals surface area (Å²) in [6.45, 7) is 6.00. The molecule has 0 aliphatic heterocycles. The second kappa shape index (κ2) is 7.75. The minimum absolute atomic E-state index is 0.184. The average Bonchev–Trinajstić information content (AvgIpc) is 2.94. The van der Waals surface area contributed by atoms with Crippen LogP contribution in [0.5, 0.6) is 5.75 Å². The molecule has 0 aliphatic rings. The normalized spacial score (nSPS) is 11.8. The maximum atomic E-state index is 12.1. The summed E-state index contributed by atoms with van der Waals surface area (Å²) in [6.07, 6.45) is 1.84. The highest BCUT2D eigenvalue weighted by Gasteiger charge is 2.11. The molecule has 6 nitrogen and oxygen atoms in total. The minimum atomic E-state index is -0.239. The van der Waals surface area contributed by atoms with Gasteiger partial charge in [0.2, 0.25) is 5.91 Å². The topological polar surface area (TPSA) is 89.6 Å². The summed E-state index contributed by atoms with van der Waals surface area (Å²) in [4.78, 5) is 16.3. The van der Waals surface area contributed by atoms with Crippen LogP contribution in [-0.2, 0) is 11.2 Å². The highest BCUT2D eigenvalue weighted by molar-refractivity contribution is 7.22. The third-order valence-corrected chi connectivity index (χ3v) is 4.39. The summed E-state index contributed by atoms with van der Waals surface area (Å²) in [5.74, 6) is 0.610. The number of nitrogens with zero attached hydrogens (tertiary/aromatic N) is 2. The first-order valence-corrected chi connectivity index (χ1v) is 9.36. The van der Waals surface area contributed by atoms with Crippen LogP contribution in [-0.4, -0.2) is 22.7 Å². The quantitative estimate of drug-likeness (QED) is 0.519. The van der Waals surface area contributed by atoms with Crippen molar-refractivity contribution in [2.75, 3.05) is 5.73 Å². The number of carbonyl (C=O) groups is 1. The standard InChI is InChI=1S/C20H22N4O2S/c1-20(2,3)26-15-7-4-13(5-8-15)12-22-24-18(25)11-14-6-9-16-17(10-14)27-19(21)23-16/h4-10,12H,11H2,1-3H3,(H2,21,23)(H,24,25)/b22-12-. The van der Waals surface area contributed by atoms with E-state index in [9.17, 15) is 4.79 Å². The van der Waals surface area contributed by atoms with Crippen LogP contribution in [0.15, 0.2) is 47.6 Å². The van der Waals surface area contributed by atoms with Crippen LogP contribution in [0.2, 0.25) is 0 Å². The first-order valence-electron chi connectivity index (χ1n) is 8.54. The van der Waals surface area contributed by atoms with Crippen LogP contribution in [0.4, 0.5) is 5.13 Å². The third-order valence-electron chi connectivity index (χ3n) is 3.54. The lowest BCUT2D eigenvalue weighted by Crippen LogP contribution is -2.22. The third kappa shape index (κ3) is 5.52. The van der Waals surface area contributed by atoms with E-state index in [1.54, 1.807) is 6.21 Å². The molecule has 2 aromatic carbocycles. The largest absolute Gasteiger partial charge is 0.488 e. The molecule has 0 saturated carbocycles. The van der Waals surface area contributed by atoms with Crippen molar-refractivity contribution in [3.63, 3.8) is 0 Å². The molecule has 0 atom stereocenters. The Hall–Kier alpha value is -2.93. The fourth-order valence-corrected chi connectivity index (χ4v) is 3.27. The summed E-state index contributed by atoms with van der Waals surface area (Å²) >= 11 is 1.41. The van der Waals surface area contributed by atoms with Gasteiger partial charge in [0.15, 0.2) is 5.13 Å². The number of aromatic nitrogens is 1. The summed E-state index contributed by atoms with van der Waals surface area (Å²) < 4.78 is 6.74. The number of amides is 1. The maximum Gasteiger partial charge on any atom is 0.244 e. The van der Waals surface area contributed by atoms with Gasteiger partial charge in [0, 0.05) is 0 Å². The van der Waals surface area contributed by atoms with Crippen molar-refractivity contribution in [2.45, 2.75) is 32.8 Å². The summed E-state index contributed by atoms with van der Waals surface area (Å²) in [5, 5.41) is 4.54. The van der Waals surface area contributed by atoms with E-state index in [0.29, 0.717) is 5.13 Å². The van der Waals surface area contributed by atoms with Gasteiger partial charge in [0.25, 0.3) is 0 Å². The van der Waals surface area contributed by atoms with Crippen LogP contribution < -0.4 is 15.9 Å². The van der Waals surface area contributed by atoms with Crippen molar-refractivity contribution in [2.24, 2.45) is 5.10 Å². The predicted octanol–water partition coefficient (Wildman–Crippen LogP) is 3.75. The van der Waals surface area contributed by atoms with E-state index in [1.165, 1.54) is 11.3 Å². The van der Waals surface area contributed by atoms with Gasteiger partial charge in [-0.1, -0.05) is 17.4 Å². The molecular weight excluding hydrogens is 360 g/mol. The molecule has 3 aromatic rings. The zero-order valence-corrected chi connectivity index (χ0v) is 16.3. The smallest absolute Gasteiger partial charge is 0.244 e. The lowest BCUT2D eigenvalue weighted by atomic mass is 10.1. The Morgan fingerprint density at radius 2 is 2.00 bits per heavy atom. The number of anilines is 1. The molecule has 3 rings (SSSR count). The van der Waals surface area contributed by atoms with Crippen molar-refractivity contribution in [3.8, 4) is 5.75 Å². The second-order valence-corrected chi connectivity index (χ2v) is 8.17. The molecule has 0 fully saturated rings. The van der Waals surface area contributed by atoms with Gasteiger partial charge < -0.3 is 10.5 Å². The van der Waals surface area contributed by atoms with Crippen molar-refractivity contribution in [3.05, 3.63) is 53.6 Å². The lowest BCUT2D eigenvalue weighted by Gasteiger charge is -2.21. The van der Waals surface area contributed by atoms with Gasteiger partial charge >= 0.3 is 0 Å². The molecule has 0 aliphatic carbocycles. The molecular formula is C20H22N4O2S. The first-order chi connectivity index (χ1) is 12.8. The van der Waals surface area contributed by atoms with E-state index in [0.717, 1.165) is 27.1 Å². The van der Waals surface area contributed by atoms with Gasteiger partial charge in [0.05, 0.1) is 22.9 Å². The lowest BCUT2D eigenvalue weighted by molar-refractivity contribution is -0.120. The SMILES string of the molecule is CC(C)(C)Oc1ccc(/C=N\NC(=O)Cc2ccc3nc(N)sc3c2)cc1. The van der Waals surface area contributed by atoms with E-state index in [-0.39, 0.29) is 17.9 Å². The van der Waals surface area contributed by atoms with Gasteiger partial charge in [-0.3, -0.25) is 4.79 Å². The Kier molecular flexibility index (Phi) is 5.41. The fraction of sp³-hybridized carbons (Fsp3) is 0.250. The molecule has 1 heterocycles. The number of hydrazone groups is 1. The zero-order valence-electron chi connectivity index (χ0n) is 15.5. The molecule has 0 saturated heterocycles. The Morgan fingerprint density at radius 3 is 2.70 bits per heavy atom. The van der Waals surface area contributed by atoms with Crippen molar-refractivity contribution in [1.29, 1.82) is 0 Å². The number of hydrogen-bond donors (Lipinski definition) is 2. The Labute approximate surface area is 162 Å². The van der Waals surface area contributed by atoms with Crippen molar-refractivity contribution in [1.82, 2.24) is 10.4 Å². The van der Waals surface area contributed by atoms with Crippen LogP contribution in [0.3, 0.4) is 0 Å². The van der Waals surface area contributed by atoms with Crippen LogP contribution in [0.1, 0.15) is 31.9 Å². The molecule has 27 heavy (non-hydrogen) atoms. The van der Waals surface area contributed by atoms with E-state index >= 15 is 0 Å². The number of fused-ring (bicyclic) bond motifs is 1. The van der Waals surface area contributed by atoms with Gasteiger partial charge in [0.1, 0.15) is 11.4 Å². The summed E-state index contributed by atoms with van der Waals surface area (Å²) in [5.41, 5.74) is 10.6. The van der Waals surface area contributed by atoms with E-state index in [4.69, 9.17) is 10.5 Å². The summed E-state index contributed by atoms with van der Waals surface area (Å²) in [7, 11) is 0. The van der Waals surface area contributed by atoms with Gasteiger partial charge in [-0.2, -0.15) is 5.10 Å². The fourth-order valence-electron chi connectivity index (χ4n) is 2.48. The van der Waals surface area contributed by atoms with Crippen molar-refractivity contribution < 1.29 is 9.53 Å². The molecule has 1 aromatic heterocycles. The van der Waals surface area contributed by atoms with Crippen LogP contribution in [0, 0.1) is 0 Å². The monoisotopic (exact) mass is 382 g/mol. The van der Waals surface area contributed by atoms with E-state index in [1.807, 2.05) is 63.2 Å². The number of hydrogen-bond acceptors (Lipinski definition) is 6. The molecule has 1 amide bonds. The number of nitrogen functional groups attached to an aromatic ring is 1. The average molecular weight is 382 g/mol. The summed E-state index contributed by atoms with van der Waals surface area (Å²) in [6, 6.07) is 13.2. The highest BCUT2D eigenvalue weighted by Crippen LogP contribution is 2.24. The number of rotatable bonds is 5. The first kappa shape index (κ1) is 18.8. The van der Waals surface area contributed by atoms with E-state index in [2.05, 4.69) is 15.5 Å². The van der Waals surface area contributed by atoms with E-state index < -0.39 is 0 Å². The van der Waals surface area contributed by atoms with Gasteiger partial charge in [-0.25, -0.2) is 10.4 Å². The number of nitrogens with two attached hydrogens (primary N) is 1. The Balaban J connectivity index is 1.54. The van der Waals surface area contributed by atoms with Crippen LogP contribution >= 0.6 is 11.3 Å². The number of nitrogens with one attached hydrogen (secondary N) is 1. The molecule has 0 unspecified atom stereocenters. The van der Waals surface area contributed by atoms with Gasteiger partial charge in [-0.15, -0.1) is 0 Å². The van der Waals surface area contributed by atoms with Gasteiger partial charge in [-0.05, 0) is 68.3 Å². The predicted molar refractivity (Wildman–Crippen MR) is 110 cm³/mol. The number of thiazole rings is 1. The Morgan fingerprint density at radius 1 is 1.26 bits per heavy atom. The maximum absolute atomic E-state index is 12.1. The van der Waals surface area contributed by atoms with Crippen LogP contribution in [0.25, 0.3) is 10.2 Å². The minimum Gasteiger partial charge on any atom is -0.488 e. The molecule has 3 N–H and O–H groups in total. The Bertz CT molecular complexity index is 972. The van der Waals surface area contributed by atoms with Crippen molar-refractivity contribution >= 4 is 38.8 Å². The number of benzene rings is 2.